The van der Waals surface area contributed by atoms with Crippen LogP contribution in [0.1, 0.15) is 12.1 Å². The molecule has 0 radical (unpaired) electrons. The van der Waals surface area contributed by atoms with Crippen LogP contribution < -0.4 is 9.80 Å². The first-order valence-corrected chi connectivity index (χ1v) is 7.48. The Bertz CT molecular complexity index is 796. The van der Waals surface area contributed by atoms with E-state index in [9.17, 15) is 22.4 Å². The molecule has 1 saturated heterocycles. The molecule has 1 amide bonds. The van der Waals surface area contributed by atoms with E-state index in [-0.39, 0.29) is 18.2 Å². The van der Waals surface area contributed by atoms with Crippen molar-refractivity contribution < 1.29 is 22.4 Å². The molecule has 1 aromatic heterocycles. The molecule has 25 heavy (non-hydrogen) atoms. The average Bonchev–Trinajstić information content (AvgIpc) is 2.95. The van der Waals surface area contributed by atoms with Gasteiger partial charge >= 0.3 is 6.18 Å². The van der Waals surface area contributed by atoms with Crippen LogP contribution in [0.25, 0.3) is 0 Å². The fourth-order valence-corrected chi connectivity index (χ4v) is 2.75. The number of alkyl halides is 3. The summed E-state index contributed by atoms with van der Waals surface area (Å²) in [5.74, 6) is -1.15. The molecule has 1 atom stereocenters. The first-order chi connectivity index (χ1) is 11.8. The van der Waals surface area contributed by atoms with Gasteiger partial charge in [-0.2, -0.15) is 13.2 Å². The van der Waals surface area contributed by atoms with Gasteiger partial charge in [-0.05, 0) is 24.6 Å². The van der Waals surface area contributed by atoms with Crippen molar-refractivity contribution in [3.8, 4) is 0 Å². The van der Waals surface area contributed by atoms with Crippen molar-refractivity contribution in [3.63, 3.8) is 0 Å². The molecule has 3 rings (SSSR count). The number of benzene rings is 1. The number of halogens is 4. The standard InChI is InChI=1S/C16H14F4N4O/c1-23(15-21-8-6-13(22-15)16(18,19)20)12-7-9-24(14(12)25)11-5-3-2-4-10(11)17/h2-6,8,12H,7,9H2,1H3. The molecule has 0 spiro atoms. The van der Waals surface area contributed by atoms with Gasteiger partial charge in [-0.25, -0.2) is 14.4 Å². The lowest BCUT2D eigenvalue weighted by Gasteiger charge is -2.24. The van der Waals surface area contributed by atoms with Crippen LogP contribution in [0.4, 0.5) is 29.2 Å². The van der Waals surface area contributed by atoms with Gasteiger partial charge in [0.25, 0.3) is 0 Å². The zero-order valence-corrected chi connectivity index (χ0v) is 13.2. The molecular formula is C16H14F4N4O. The number of para-hydroxylation sites is 1. The minimum absolute atomic E-state index is 0.147. The third-order valence-corrected chi connectivity index (χ3v) is 4.04. The van der Waals surface area contributed by atoms with Gasteiger partial charge in [0.05, 0.1) is 5.69 Å². The summed E-state index contributed by atoms with van der Waals surface area (Å²) in [5, 5.41) is 0. The Labute approximate surface area is 140 Å². The number of likely N-dealkylation sites (N-methyl/N-ethyl adjacent to an activating group) is 1. The molecule has 0 aliphatic carbocycles. The molecule has 0 N–H and O–H groups in total. The zero-order valence-electron chi connectivity index (χ0n) is 13.2. The number of amides is 1. The number of hydrogen-bond acceptors (Lipinski definition) is 4. The van der Waals surface area contributed by atoms with E-state index in [1.54, 1.807) is 6.07 Å². The van der Waals surface area contributed by atoms with Crippen molar-refractivity contribution in [3.05, 3.63) is 48.0 Å². The summed E-state index contributed by atoms with van der Waals surface area (Å²) in [5.41, 5.74) is -0.936. The van der Waals surface area contributed by atoms with Crippen LogP contribution in [-0.4, -0.2) is 35.5 Å². The summed E-state index contributed by atoms with van der Waals surface area (Å²) in [7, 11) is 1.45. The summed E-state index contributed by atoms with van der Waals surface area (Å²) in [4.78, 5) is 22.5. The number of aromatic nitrogens is 2. The number of nitrogens with zero attached hydrogens (tertiary/aromatic N) is 4. The smallest absolute Gasteiger partial charge is 0.332 e. The molecule has 1 fully saturated rings. The fraction of sp³-hybridized carbons (Fsp3) is 0.312. The van der Waals surface area contributed by atoms with Gasteiger partial charge in [0.15, 0.2) is 0 Å². The first kappa shape index (κ1) is 17.1. The van der Waals surface area contributed by atoms with Crippen LogP contribution in [0.3, 0.4) is 0 Å². The molecule has 5 nitrogen and oxygen atoms in total. The SMILES string of the molecule is CN(c1nccc(C(F)(F)F)n1)C1CCN(c2ccccc2F)C1=O. The highest BCUT2D eigenvalue weighted by molar-refractivity contribution is 6.01. The molecular weight excluding hydrogens is 340 g/mol. The molecule has 132 valence electrons. The summed E-state index contributed by atoms with van der Waals surface area (Å²) in [6.07, 6.45) is -3.28. The Morgan fingerprint density at radius 3 is 2.64 bits per heavy atom. The molecule has 1 aliphatic heterocycles. The Morgan fingerprint density at radius 1 is 1.24 bits per heavy atom. The highest BCUT2D eigenvalue weighted by atomic mass is 19.4. The number of carbonyl (C=O) groups excluding carboxylic acids is 1. The highest BCUT2D eigenvalue weighted by Crippen LogP contribution is 2.30. The Balaban J connectivity index is 1.84. The lowest BCUT2D eigenvalue weighted by atomic mass is 10.2. The largest absolute Gasteiger partial charge is 0.433 e. The molecule has 1 aliphatic rings. The van der Waals surface area contributed by atoms with Crippen LogP contribution in [0.5, 0.6) is 0 Å². The molecule has 2 aromatic rings. The van der Waals surface area contributed by atoms with E-state index in [0.717, 1.165) is 12.3 Å². The second kappa shape index (κ2) is 6.30. The van der Waals surface area contributed by atoms with Gasteiger partial charge in [-0.3, -0.25) is 4.79 Å². The summed E-state index contributed by atoms with van der Waals surface area (Å²) in [6, 6.07) is 5.85. The molecule has 0 bridgehead atoms. The van der Waals surface area contributed by atoms with Crippen molar-refractivity contribution in [2.75, 3.05) is 23.4 Å². The van der Waals surface area contributed by atoms with E-state index in [0.29, 0.717) is 6.42 Å². The van der Waals surface area contributed by atoms with Crippen molar-refractivity contribution in [1.82, 2.24) is 9.97 Å². The maximum Gasteiger partial charge on any atom is 0.433 e. The third kappa shape index (κ3) is 3.26. The minimum Gasteiger partial charge on any atom is -0.332 e. The summed E-state index contributed by atoms with van der Waals surface area (Å²) < 4.78 is 52.3. The van der Waals surface area contributed by atoms with Gasteiger partial charge in [-0.15, -0.1) is 0 Å². The van der Waals surface area contributed by atoms with Crippen LogP contribution >= 0.6 is 0 Å². The van der Waals surface area contributed by atoms with Crippen LogP contribution in [0.15, 0.2) is 36.5 Å². The fourth-order valence-electron chi connectivity index (χ4n) is 2.75. The van der Waals surface area contributed by atoms with Crippen LogP contribution in [0.2, 0.25) is 0 Å². The van der Waals surface area contributed by atoms with E-state index in [2.05, 4.69) is 9.97 Å². The first-order valence-electron chi connectivity index (χ1n) is 7.48. The second-order valence-corrected chi connectivity index (χ2v) is 5.60. The maximum atomic E-state index is 13.9. The van der Waals surface area contributed by atoms with E-state index in [1.165, 1.54) is 35.0 Å². The second-order valence-electron chi connectivity index (χ2n) is 5.60. The van der Waals surface area contributed by atoms with Gasteiger partial charge in [0, 0.05) is 19.8 Å². The number of anilines is 2. The third-order valence-electron chi connectivity index (χ3n) is 4.04. The van der Waals surface area contributed by atoms with Gasteiger partial charge < -0.3 is 9.80 Å². The number of carbonyl (C=O) groups is 1. The molecule has 0 saturated carbocycles. The number of rotatable bonds is 3. The quantitative estimate of drug-likeness (QED) is 0.796. The summed E-state index contributed by atoms with van der Waals surface area (Å²) >= 11 is 0. The van der Waals surface area contributed by atoms with Gasteiger partial charge in [0.1, 0.15) is 17.6 Å². The molecule has 1 aromatic carbocycles. The minimum atomic E-state index is -4.60. The van der Waals surface area contributed by atoms with Crippen LogP contribution in [0, 0.1) is 5.82 Å². The monoisotopic (exact) mass is 354 g/mol. The zero-order chi connectivity index (χ0) is 18.2. The van der Waals surface area contributed by atoms with E-state index < -0.39 is 29.6 Å². The van der Waals surface area contributed by atoms with Gasteiger partial charge in [-0.1, -0.05) is 12.1 Å². The molecule has 9 heteroatoms. The highest BCUT2D eigenvalue weighted by Gasteiger charge is 2.38. The van der Waals surface area contributed by atoms with Gasteiger partial charge in [0.2, 0.25) is 11.9 Å². The summed E-state index contributed by atoms with van der Waals surface area (Å²) in [6.45, 7) is 0.258. The lowest BCUT2D eigenvalue weighted by Crippen LogP contribution is -2.41. The maximum absolute atomic E-state index is 13.9. The molecule has 1 unspecified atom stereocenters. The van der Waals surface area contributed by atoms with Crippen molar-refractivity contribution in [1.29, 1.82) is 0 Å². The van der Waals surface area contributed by atoms with Crippen molar-refractivity contribution in [2.45, 2.75) is 18.6 Å². The normalized spacial score (nSPS) is 17.9. The average molecular weight is 354 g/mol. The Hall–Kier alpha value is -2.71. The van der Waals surface area contributed by atoms with Crippen molar-refractivity contribution >= 4 is 17.5 Å². The molecule has 2 heterocycles. The van der Waals surface area contributed by atoms with Crippen LogP contribution in [-0.2, 0) is 11.0 Å². The topological polar surface area (TPSA) is 49.3 Å². The van der Waals surface area contributed by atoms with E-state index >= 15 is 0 Å². The van der Waals surface area contributed by atoms with E-state index in [1.807, 2.05) is 0 Å². The predicted octanol–water partition coefficient (Wildman–Crippen LogP) is 2.88. The van der Waals surface area contributed by atoms with Crippen molar-refractivity contribution in [2.24, 2.45) is 0 Å². The Kier molecular flexibility index (Phi) is 4.32. The Morgan fingerprint density at radius 2 is 1.96 bits per heavy atom. The predicted molar refractivity (Wildman–Crippen MR) is 82.6 cm³/mol. The van der Waals surface area contributed by atoms with E-state index in [4.69, 9.17) is 0 Å². The lowest BCUT2D eigenvalue weighted by molar-refractivity contribution is -0.141. The number of hydrogen-bond donors (Lipinski definition) is 0.